The maximum Gasteiger partial charge on any atom is 0.433 e. The van der Waals surface area contributed by atoms with E-state index < -0.39 is 11.9 Å². The second kappa shape index (κ2) is 10.3. The van der Waals surface area contributed by atoms with Crippen molar-refractivity contribution in [2.75, 3.05) is 17.3 Å². The van der Waals surface area contributed by atoms with Gasteiger partial charge in [0.15, 0.2) is 0 Å². The number of benzene rings is 2. The summed E-state index contributed by atoms with van der Waals surface area (Å²) in [5, 5.41) is 6.68. The number of aromatic nitrogens is 1. The van der Waals surface area contributed by atoms with Crippen molar-refractivity contribution in [1.82, 2.24) is 10.3 Å². The highest BCUT2D eigenvalue weighted by Crippen LogP contribution is 2.37. The lowest BCUT2D eigenvalue weighted by molar-refractivity contribution is -0.140. The van der Waals surface area contributed by atoms with Crippen LogP contribution in [0.15, 0.2) is 48.5 Å². The normalized spacial score (nSPS) is 18.1. The van der Waals surface area contributed by atoms with Crippen LogP contribution in [0.2, 0.25) is 5.02 Å². The topological polar surface area (TPSA) is 74.3 Å². The van der Waals surface area contributed by atoms with Crippen LogP contribution in [0, 0.1) is 0 Å². The van der Waals surface area contributed by atoms with Crippen molar-refractivity contribution in [1.29, 1.82) is 0 Å². The van der Waals surface area contributed by atoms with E-state index >= 15 is 0 Å². The van der Waals surface area contributed by atoms with Gasteiger partial charge in [-0.25, -0.2) is 4.98 Å². The zero-order valence-corrected chi connectivity index (χ0v) is 20.6. The van der Waals surface area contributed by atoms with Gasteiger partial charge < -0.3 is 15.5 Å². The average molecular weight is 519 g/mol. The number of hydrogen-bond acceptors (Lipinski definition) is 4. The third-order valence-corrected chi connectivity index (χ3v) is 6.68. The van der Waals surface area contributed by atoms with Gasteiger partial charge in [-0.05, 0) is 68.1 Å². The first-order valence-corrected chi connectivity index (χ1v) is 12.0. The molecule has 2 amide bonds. The average Bonchev–Trinajstić information content (AvgIpc) is 2.82. The van der Waals surface area contributed by atoms with E-state index in [1.807, 2.05) is 4.90 Å². The molecule has 6 nitrogen and oxygen atoms in total. The Morgan fingerprint density at radius 1 is 1.06 bits per heavy atom. The maximum atomic E-state index is 13.5. The van der Waals surface area contributed by atoms with Gasteiger partial charge in [-0.1, -0.05) is 17.7 Å². The highest BCUT2D eigenvalue weighted by atomic mass is 35.5. The monoisotopic (exact) mass is 518 g/mol. The lowest BCUT2D eigenvalue weighted by Crippen LogP contribution is -2.43. The van der Waals surface area contributed by atoms with Crippen LogP contribution >= 0.6 is 11.6 Å². The van der Waals surface area contributed by atoms with Crippen LogP contribution < -0.4 is 15.5 Å². The van der Waals surface area contributed by atoms with Crippen molar-refractivity contribution in [3.8, 4) is 0 Å². The molecule has 1 aliphatic carbocycles. The molecule has 3 aromatic rings. The van der Waals surface area contributed by atoms with Gasteiger partial charge >= 0.3 is 6.18 Å². The highest BCUT2D eigenvalue weighted by Gasteiger charge is 2.35. The minimum atomic E-state index is -4.57. The Kier molecular flexibility index (Phi) is 7.40. The third-order valence-electron chi connectivity index (χ3n) is 6.44. The van der Waals surface area contributed by atoms with Crippen molar-refractivity contribution >= 4 is 45.7 Å². The molecule has 0 unspecified atom stereocenters. The molecule has 1 saturated carbocycles. The quantitative estimate of drug-likeness (QED) is 0.431. The molecule has 0 aliphatic heterocycles. The van der Waals surface area contributed by atoms with Gasteiger partial charge in [-0.2, -0.15) is 13.2 Å². The molecule has 0 atom stereocenters. The van der Waals surface area contributed by atoms with Crippen LogP contribution in [0.3, 0.4) is 0 Å². The molecular formula is C26H26ClF3N4O2. The summed E-state index contributed by atoms with van der Waals surface area (Å²) in [7, 11) is 1.78. The summed E-state index contributed by atoms with van der Waals surface area (Å²) in [6.45, 7) is 1.40. The fourth-order valence-electron chi connectivity index (χ4n) is 4.63. The number of fused-ring (bicyclic) bond motifs is 1. The standard InChI is InChI=1S/C26H26ClF3N4O2/c1-15(35)31-19-5-3-4-16(12-19)25(36)32-18-7-9-20(10-8-18)34(2)23-14-24(26(28,29)30)33-22-11-6-17(27)13-21(22)23/h3-6,11-14,18,20H,7-10H2,1-2H3,(H,31,35)(H,32,36). The first kappa shape index (κ1) is 25.8. The summed E-state index contributed by atoms with van der Waals surface area (Å²) < 4.78 is 40.5. The van der Waals surface area contributed by atoms with Gasteiger partial charge in [0.25, 0.3) is 5.91 Å². The Morgan fingerprint density at radius 3 is 2.44 bits per heavy atom. The molecule has 0 radical (unpaired) electrons. The second-order valence-electron chi connectivity index (χ2n) is 9.04. The van der Waals surface area contributed by atoms with E-state index in [0.29, 0.717) is 53.0 Å². The predicted molar refractivity (Wildman–Crippen MR) is 134 cm³/mol. The lowest BCUT2D eigenvalue weighted by atomic mass is 9.89. The maximum absolute atomic E-state index is 13.5. The fourth-order valence-corrected chi connectivity index (χ4v) is 4.80. The zero-order valence-electron chi connectivity index (χ0n) is 19.8. The van der Waals surface area contributed by atoms with E-state index in [1.54, 1.807) is 37.4 Å². The summed E-state index contributed by atoms with van der Waals surface area (Å²) in [6.07, 6.45) is -1.81. The van der Waals surface area contributed by atoms with Gasteiger partial charge in [-0.15, -0.1) is 0 Å². The summed E-state index contributed by atoms with van der Waals surface area (Å²) in [4.78, 5) is 29.7. The summed E-state index contributed by atoms with van der Waals surface area (Å²) in [6, 6.07) is 12.4. The van der Waals surface area contributed by atoms with Gasteiger partial charge in [0.05, 0.1) is 5.52 Å². The van der Waals surface area contributed by atoms with Gasteiger partial charge in [0.1, 0.15) is 5.69 Å². The zero-order chi connectivity index (χ0) is 26.0. The molecule has 2 N–H and O–H groups in total. The molecule has 36 heavy (non-hydrogen) atoms. The summed E-state index contributed by atoms with van der Waals surface area (Å²) in [5.74, 6) is -0.454. The molecule has 1 heterocycles. The highest BCUT2D eigenvalue weighted by molar-refractivity contribution is 6.31. The molecule has 10 heteroatoms. The van der Waals surface area contributed by atoms with Crippen LogP contribution in [-0.4, -0.2) is 35.9 Å². The number of rotatable bonds is 5. The number of carbonyl (C=O) groups excluding carboxylic acids is 2. The van der Waals surface area contributed by atoms with Crippen LogP contribution in [-0.2, 0) is 11.0 Å². The lowest BCUT2D eigenvalue weighted by Gasteiger charge is -2.37. The molecule has 190 valence electrons. The molecule has 0 bridgehead atoms. The minimum Gasteiger partial charge on any atom is -0.371 e. The van der Waals surface area contributed by atoms with Gasteiger partial charge in [0, 0.05) is 53.4 Å². The molecule has 4 rings (SSSR count). The van der Waals surface area contributed by atoms with Crippen LogP contribution in [0.4, 0.5) is 24.5 Å². The van der Waals surface area contributed by atoms with Gasteiger partial charge in [-0.3, -0.25) is 9.59 Å². The Labute approximate surface area is 211 Å². The fraction of sp³-hybridized carbons (Fsp3) is 0.346. The Balaban J connectivity index is 1.46. The van der Waals surface area contributed by atoms with E-state index in [0.717, 1.165) is 6.07 Å². The van der Waals surface area contributed by atoms with Crippen molar-refractivity contribution < 1.29 is 22.8 Å². The molecule has 1 aromatic heterocycles. The van der Waals surface area contributed by atoms with Crippen molar-refractivity contribution in [3.05, 3.63) is 64.8 Å². The predicted octanol–water partition coefficient (Wildman–Crippen LogP) is 6.04. The number of nitrogens with zero attached hydrogens (tertiary/aromatic N) is 2. The van der Waals surface area contributed by atoms with Crippen LogP contribution in [0.25, 0.3) is 10.9 Å². The van der Waals surface area contributed by atoms with E-state index in [9.17, 15) is 22.8 Å². The smallest absolute Gasteiger partial charge is 0.371 e. The van der Waals surface area contributed by atoms with Crippen LogP contribution in [0.5, 0.6) is 0 Å². The number of halogens is 4. The molecule has 0 saturated heterocycles. The minimum absolute atomic E-state index is 0.00749. The second-order valence-corrected chi connectivity index (χ2v) is 9.47. The Bertz CT molecular complexity index is 1290. The van der Waals surface area contributed by atoms with Gasteiger partial charge in [0.2, 0.25) is 5.91 Å². The molecule has 1 fully saturated rings. The van der Waals surface area contributed by atoms with Crippen molar-refractivity contribution in [2.45, 2.75) is 50.9 Å². The van der Waals surface area contributed by atoms with Crippen molar-refractivity contribution in [2.24, 2.45) is 0 Å². The first-order valence-electron chi connectivity index (χ1n) is 11.6. The number of carbonyl (C=O) groups is 2. The number of nitrogens with one attached hydrogen (secondary N) is 2. The number of amides is 2. The summed E-state index contributed by atoms with van der Waals surface area (Å²) >= 11 is 6.13. The number of hydrogen-bond donors (Lipinski definition) is 2. The van der Waals surface area contributed by atoms with E-state index in [1.165, 1.54) is 19.1 Å². The molecular weight excluding hydrogens is 493 g/mol. The van der Waals surface area contributed by atoms with Crippen LogP contribution in [0.1, 0.15) is 48.7 Å². The third kappa shape index (κ3) is 5.90. The molecule has 0 spiro atoms. The van der Waals surface area contributed by atoms with Crippen molar-refractivity contribution in [3.63, 3.8) is 0 Å². The number of alkyl halides is 3. The van der Waals surface area contributed by atoms with E-state index in [2.05, 4.69) is 15.6 Å². The number of pyridine rings is 1. The van der Waals surface area contributed by atoms with E-state index in [4.69, 9.17) is 11.6 Å². The largest absolute Gasteiger partial charge is 0.433 e. The molecule has 1 aliphatic rings. The first-order chi connectivity index (χ1) is 17.0. The Morgan fingerprint density at radius 2 is 1.78 bits per heavy atom. The number of anilines is 2. The van der Waals surface area contributed by atoms with E-state index in [-0.39, 0.29) is 29.4 Å². The SMILES string of the molecule is CC(=O)Nc1cccc(C(=O)NC2CCC(N(C)c3cc(C(F)(F)F)nc4ccc(Cl)cc34)CC2)c1. The Hall–Kier alpha value is -3.33. The summed E-state index contributed by atoms with van der Waals surface area (Å²) in [5.41, 5.74) is 0.709. The molecule has 2 aromatic carbocycles.